The van der Waals surface area contributed by atoms with Crippen LogP contribution >= 0.6 is 0 Å². The van der Waals surface area contributed by atoms with Gasteiger partial charge in [-0.1, -0.05) is 5.16 Å². The first-order valence-electron chi connectivity index (χ1n) is 5.15. The van der Waals surface area contributed by atoms with Crippen LogP contribution in [0.5, 0.6) is 0 Å². The van der Waals surface area contributed by atoms with E-state index in [1.54, 1.807) is 0 Å². The maximum atomic E-state index is 4.66. The van der Waals surface area contributed by atoms with Crippen molar-refractivity contribution < 1.29 is 4.52 Å². The topological polar surface area (TPSA) is 68.8 Å². The van der Waals surface area contributed by atoms with Gasteiger partial charge < -0.3 is 9.84 Å². The van der Waals surface area contributed by atoms with E-state index in [1.165, 1.54) is 12.0 Å². The van der Waals surface area contributed by atoms with Crippen molar-refractivity contribution in [3.63, 3.8) is 0 Å². The molecule has 0 saturated heterocycles. The minimum absolute atomic E-state index is 0.215. The Morgan fingerprint density at radius 1 is 1.56 bits per heavy atom. The number of aromatic nitrogens is 4. The van der Waals surface area contributed by atoms with Crippen molar-refractivity contribution in [2.75, 3.05) is 0 Å². The third-order valence-corrected chi connectivity index (χ3v) is 2.49. The Bertz CT molecular complexity index is 448. The molecule has 0 aliphatic rings. The SMILES string of the molecule is Cc1nn(C)cc1C(C)NCc1ncon1. The Labute approximate surface area is 93.7 Å². The van der Waals surface area contributed by atoms with Gasteiger partial charge in [0.25, 0.3) is 0 Å². The molecule has 1 N–H and O–H groups in total. The van der Waals surface area contributed by atoms with Crippen molar-refractivity contribution in [3.8, 4) is 0 Å². The fraction of sp³-hybridized carbons (Fsp3) is 0.500. The molecular weight excluding hydrogens is 206 g/mol. The Morgan fingerprint density at radius 3 is 2.94 bits per heavy atom. The quantitative estimate of drug-likeness (QED) is 0.832. The second kappa shape index (κ2) is 4.44. The monoisotopic (exact) mass is 221 g/mol. The van der Waals surface area contributed by atoms with E-state index in [4.69, 9.17) is 0 Å². The molecule has 2 aromatic heterocycles. The summed E-state index contributed by atoms with van der Waals surface area (Å²) >= 11 is 0. The molecule has 0 radical (unpaired) electrons. The molecular formula is C10H15N5O. The molecule has 0 saturated carbocycles. The van der Waals surface area contributed by atoms with E-state index in [9.17, 15) is 0 Å². The zero-order chi connectivity index (χ0) is 11.5. The van der Waals surface area contributed by atoms with Gasteiger partial charge in [0.2, 0.25) is 6.39 Å². The number of aryl methyl sites for hydroxylation is 2. The summed E-state index contributed by atoms with van der Waals surface area (Å²) in [7, 11) is 1.92. The van der Waals surface area contributed by atoms with E-state index in [0.29, 0.717) is 12.4 Å². The summed E-state index contributed by atoms with van der Waals surface area (Å²) in [4.78, 5) is 3.95. The summed E-state index contributed by atoms with van der Waals surface area (Å²) < 4.78 is 6.48. The first-order valence-corrected chi connectivity index (χ1v) is 5.15. The second-order valence-electron chi connectivity index (χ2n) is 3.79. The molecule has 6 nitrogen and oxygen atoms in total. The number of hydrogen-bond acceptors (Lipinski definition) is 5. The third-order valence-electron chi connectivity index (χ3n) is 2.49. The lowest BCUT2D eigenvalue weighted by Gasteiger charge is -2.10. The standard InChI is InChI=1S/C10H15N5O/c1-7(9-5-15(3)13-8(9)2)11-4-10-12-6-16-14-10/h5-7,11H,4H2,1-3H3. The zero-order valence-corrected chi connectivity index (χ0v) is 9.64. The molecule has 2 rings (SSSR count). The van der Waals surface area contributed by atoms with Gasteiger partial charge in [-0.25, -0.2) is 0 Å². The maximum Gasteiger partial charge on any atom is 0.213 e. The first-order chi connectivity index (χ1) is 7.66. The molecule has 1 unspecified atom stereocenters. The van der Waals surface area contributed by atoms with E-state index in [1.807, 2.05) is 24.9 Å². The van der Waals surface area contributed by atoms with Crippen LogP contribution in [0.15, 0.2) is 17.1 Å². The lowest BCUT2D eigenvalue weighted by atomic mass is 10.1. The summed E-state index contributed by atoms with van der Waals surface area (Å²) in [5.74, 6) is 0.661. The van der Waals surface area contributed by atoms with Crippen LogP contribution < -0.4 is 5.32 Å². The van der Waals surface area contributed by atoms with E-state index >= 15 is 0 Å². The first kappa shape index (κ1) is 10.8. The van der Waals surface area contributed by atoms with Crippen LogP contribution in [0.4, 0.5) is 0 Å². The van der Waals surface area contributed by atoms with Gasteiger partial charge in [0.05, 0.1) is 12.2 Å². The number of hydrogen-bond donors (Lipinski definition) is 1. The lowest BCUT2D eigenvalue weighted by Crippen LogP contribution is -2.19. The average molecular weight is 221 g/mol. The summed E-state index contributed by atoms with van der Waals surface area (Å²) in [6.45, 7) is 4.68. The number of nitrogens with one attached hydrogen (secondary N) is 1. The minimum atomic E-state index is 0.215. The highest BCUT2D eigenvalue weighted by molar-refractivity contribution is 5.19. The molecule has 16 heavy (non-hydrogen) atoms. The highest BCUT2D eigenvalue weighted by Gasteiger charge is 2.11. The summed E-state index contributed by atoms with van der Waals surface area (Å²) in [5, 5.41) is 11.4. The van der Waals surface area contributed by atoms with Crippen molar-refractivity contribution in [2.45, 2.75) is 26.4 Å². The van der Waals surface area contributed by atoms with Crippen LogP contribution in [0.25, 0.3) is 0 Å². The van der Waals surface area contributed by atoms with Gasteiger partial charge in [0.15, 0.2) is 5.82 Å². The molecule has 0 spiro atoms. The number of rotatable bonds is 4. The van der Waals surface area contributed by atoms with Crippen molar-refractivity contribution in [2.24, 2.45) is 7.05 Å². The molecule has 0 aromatic carbocycles. The highest BCUT2D eigenvalue weighted by Crippen LogP contribution is 2.15. The van der Waals surface area contributed by atoms with Gasteiger partial charge >= 0.3 is 0 Å². The van der Waals surface area contributed by atoms with Gasteiger partial charge in [0.1, 0.15) is 0 Å². The molecule has 2 aromatic rings. The van der Waals surface area contributed by atoms with Crippen molar-refractivity contribution in [1.82, 2.24) is 25.2 Å². The molecule has 6 heteroatoms. The van der Waals surface area contributed by atoms with Crippen LogP contribution in [0, 0.1) is 6.92 Å². The van der Waals surface area contributed by atoms with Gasteiger partial charge in [0, 0.05) is 24.8 Å². The van der Waals surface area contributed by atoms with Gasteiger partial charge in [-0.05, 0) is 13.8 Å². The van der Waals surface area contributed by atoms with Crippen molar-refractivity contribution >= 4 is 0 Å². The number of nitrogens with zero attached hydrogens (tertiary/aromatic N) is 4. The van der Waals surface area contributed by atoms with Crippen LogP contribution in [0.2, 0.25) is 0 Å². The van der Waals surface area contributed by atoms with E-state index in [2.05, 4.69) is 32.0 Å². The largest absolute Gasteiger partial charge is 0.343 e. The summed E-state index contributed by atoms with van der Waals surface area (Å²) in [6.07, 6.45) is 3.35. The van der Waals surface area contributed by atoms with Crippen LogP contribution in [0.1, 0.15) is 30.0 Å². The van der Waals surface area contributed by atoms with Crippen molar-refractivity contribution in [3.05, 3.63) is 29.7 Å². The van der Waals surface area contributed by atoms with Gasteiger partial charge in [-0.2, -0.15) is 10.1 Å². The molecule has 2 heterocycles. The molecule has 0 fully saturated rings. The molecule has 0 aliphatic carbocycles. The fourth-order valence-electron chi connectivity index (χ4n) is 1.67. The maximum absolute atomic E-state index is 4.66. The fourth-order valence-corrected chi connectivity index (χ4v) is 1.67. The highest BCUT2D eigenvalue weighted by atomic mass is 16.5. The van der Waals surface area contributed by atoms with Gasteiger partial charge in [-0.15, -0.1) is 0 Å². The Morgan fingerprint density at radius 2 is 2.38 bits per heavy atom. The van der Waals surface area contributed by atoms with Crippen LogP contribution in [0.3, 0.4) is 0 Å². The Balaban J connectivity index is 1.98. The Hall–Kier alpha value is -1.69. The smallest absolute Gasteiger partial charge is 0.213 e. The third kappa shape index (κ3) is 2.27. The van der Waals surface area contributed by atoms with Crippen LogP contribution in [-0.4, -0.2) is 19.9 Å². The second-order valence-corrected chi connectivity index (χ2v) is 3.79. The lowest BCUT2D eigenvalue weighted by molar-refractivity contribution is 0.405. The molecule has 86 valence electrons. The normalized spacial score (nSPS) is 12.9. The van der Waals surface area contributed by atoms with Gasteiger partial charge in [-0.3, -0.25) is 4.68 Å². The summed E-state index contributed by atoms with van der Waals surface area (Å²) in [6, 6.07) is 0.215. The van der Waals surface area contributed by atoms with E-state index < -0.39 is 0 Å². The van der Waals surface area contributed by atoms with Crippen molar-refractivity contribution in [1.29, 1.82) is 0 Å². The summed E-state index contributed by atoms with van der Waals surface area (Å²) in [5.41, 5.74) is 2.22. The molecule has 0 amide bonds. The molecule has 1 atom stereocenters. The molecule has 0 aliphatic heterocycles. The predicted molar refractivity (Wildman–Crippen MR) is 57.5 cm³/mol. The molecule has 0 bridgehead atoms. The van der Waals surface area contributed by atoms with Crippen LogP contribution in [-0.2, 0) is 13.6 Å². The minimum Gasteiger partial charge on any atom is -0.343 e. The van der Waals surface area contributed by atoms with E-state index in [-0.39, 0.29) is 6.04 Å². The average Bonchev–Trinajstić information content (AvgIpc) is 2.84. The zero-order valence-electron chi connectivity index (χ0n) is 9.64. The van der Waals surface area contributed by atoms with E-state index in [0.717, 1.165) is 5.69 Å². The predicted octanol–water partition coefficient (Wildman–Crippen LogP) is 0.962. The Kier molecular flexibility index (Phi) is 3.00.